The number of hydrogen-bond donors (Lipinski definition) is 0. The summed E-state index contributed by atoms with van der Waals surface area (Å²) in [6.07, 6.45) is 4.71. The number of aromatic nitrogens is 1. The molecule has 0 amide bonds. The minimum Gasteiger partial charge on any atom is -0.252 e. The van der Waals surface area contributed by atoms with Gasteiger partial charge in [0.1, 0.15) is 11.5 Å². The third-order valence-electron chi connectivity index (χ3n) is 5.69. The molecule has 0 spiro atoms. The van der Waals surface area contributed by atoms with Gasteiger partial charge in [0.05, 0.1) is 0 Å². The average Bonchev–Trinajstić information content (AvgIpc) is 2.68. The summed E-state index contributed by atoms with van der Waals surface area (Å²) in [6, 6.07) is 4.94. The molecule has 0 saturated heterocycles. The predicted molar refractivity (Wildman–Crippen MR) is 120 cm³/mol. The maximum atomic E-state index is 15.2. The molecular weight excluding hydrogens is 383 g/mol. The third-order valence-corrected chi connectivity index (χ3v) is 5.69. The zero-order chi connectivity index (χ0) is 22.6. The number of halogens is 3. The third kappa shape index (κ3) is 5.41. The molecule has 1 aromatic carbocycles. The van der Waals surface area contributed by atoms with Crippen molar-refractivity contribution in [3.8, 4) is 0 Å². The number of rotatable bonds is 8. The van der Waals surface area contributed by atoms with Crippen LogP contribution in [0.4, 0.5) is 13.2 Å². The molecule has 0 bridgehead atoms. The first-order chi connectivity index (χ1) is 14.0. The fraction of sp³-hybridized carbons (Fsp3) is 0.423. The molecule has 0 aliphatic carbocycles. The molecule has 0 unspecified atom stereocenters. The molecule has 4 heteroatoms. The van der Waals surface area contributed by atoms with Crippen molar-refractivity contribution < 1.29 is 13.2 Å². The van der Waals surface area contributed by atoms with Crippen molar-refractivity contribution in [1.29, 1.82) is 0 Å². The zero-order valence-corrected chi connectivity index (χ0v) is 18.9. The standard InChI is InChI=1S/C26H32F3N/c1-8-16(3)14-20(9-2)24-17(4)15-22(25(27)18(24)5)11-10-21-12-13-23(26(7,28)29)30-19(21)6/h9,12-13,15H,3,8,10-11,14H2,1-2,4-7H3/b20-9-. The number of pyridine rings is 1. The summed E-state index contributed by atoms with van der Waals surface area (Å²) in [6.45, 7) is 14.5. The van der Waals surface area contributed by atoms with Gasteiger partial charge in [-0.1, -0.05) is 37.3 Å². The summed E-state index contributed by atoms with van der Waals surface area (Å²) in [5.74, 6) is -3.16. The van der Waals surface area contributed by atoms with Crippen LogP contribution in [0.15, 0.2) is 36.4 Å². The molecule has 1 nitrogen and oxygen atoms in total. The van der Waals surface area contributed by atoms with Gasteiger partial charge >= 0.3 is 0 Å². The number of aryl methyl sites for hydroxylation is 4. The molecule has 0 N–H and O–H groups in total. The SMILES string of the molecule is C=C(CC)C/C(=C/C)c1c(C)cc(CCc2ccc(C(C)(F)F)nc2C)c(F)c1C. The van der Waals surface area contributed by atoms with Crippen molar-refractivity contribution in [3.05, 3.63) is 81.4 Å². The highest BCUT2D eigenvalue weighted by molar-refractivity contribution is 5.72. The van der Waals surface area contributed by atoms with E-state index in [4.69, 9.17) is 0 Å². The second-order valence-corrected chi connectivity index (χ2v) is 8.09. The summed E-state index contributed by atoms with van der Waals surface area (Å²) >= 11 is 0. The van der Waals surface area contributed by atoms with Crippen molar-refractivity contribution in [2.75, 3.05) is 0 Å². The van der Waals surface area contributed by atoms with Crippen LogP contribution in [-0.2, 0) is 18.8 Å². The van der Waals surface area contributed by atoms with Crippen LogP contribution in [0.1, 0.15) is 72.8 Å². The maximum Gasteiger partial charge on any atom is 0.286 e. The second-order valence-electron chi connectivity index (χ2n) is 8.09. The highest BCUT2D eigenvalue weighted by Crippen LogP contribution is 2.32. The van der Waals surface area contributed by atoms with Gasteiger partial charge in [0.15, 0.2) is 0 Å². The van der Waals surface area contributed by atoms with Gasteiger partial charge in [0.2, 0.25) is 0 Å². The molecule has 0 fully saturated rings. The Morgan fingerprint density at radius 3 is 2.30 bits per heavy atom. The van der Waals surface area contributed by atoms with E-state index in [1.807, 2.05) is 32.9 Å². The maximum absolute atomic E-state index is 15.2. The van der Waals surface area contributed by atoms with Crippen molar-refractivity contribution in [2.45, 2.75) is 73.1 Å². The van der Waals surface area contributed by atoms with E-state index in [2.05, 4.69) is 18.5 Å². The summed E-state index contributed by atoms with van der Waals surface area (Å²) in [7, 11) is 0. The van der Waals surface area contributed by atoms with Crippen LogP contribution in [0.2, 0.25) is 0 Å². The Morgan fingerprint density at radius 1 is 1.13 bits per heavy atom. The van der Waals surface area contributed by atoms with Gasteiger partial charge in [-0.25, -0.2) is 4.39 Å². The molecule has 0 atom stereocenters. The van der Waals surface area contributed by atoms with Crippen molar-refractivity contribution in [2.24, 2.45) is 0 Å². The van der Waals surface area contributed by atoms with Crippen LogP contribution in [0.5, 0.6) is 0 Å². The van der Waals surface area contributed by atoms with E-state index in [1.54, 1.807) is 13.0 Å². The molecule has 2 rings (SSSR count). The van der Waals surface area contributed by atoms with Crippen molar-refractivity contribution in [3.63, 3.8) is 0 Å². The number of hydrogen-bond acceptors (Lipinski definition) is 1. The summed E-state index contributed by atoms with van der Waals surface area (Å²) in [4.78, 5) is 4.04. The fourth-order valence-electron chi connectivity index (χ4n) is 3.82. The van der Waals surface area contributed by atoms with Crippen LogP contribution < -0.4 is 0 Å². The lowest BCUT2D eigenvalue weighted by molar-refractivity contribution is 0.0126. The molecule has 1 heterocycles. The quantitative estimate of drug-likeness (QED) is 0.401. The van der Waals surface area contributed by atoms with Gasteiger partial charge < -0.3 is 0 Å². The molecule has 0 saturated carbocycles. The Morgan fingerprint density at radius 2 is 1.77 bits per heavy atom. The van der Waals surface area contributed by atoms with Gasteiger partial charge in [-0.2, -0.15) is 8.78 Å². The molecule has 0 radical (unpaired) electrons. The van der Waals surface area contributed by atoms with Crippen LogP contribution >= 0.6 is 0 Å². The smallest absolute Gasteiger partial charge is 0.252 e. The Labute approximate surface area is 178 Å². The van der Waals surface area contributed by atoms with E-state index < -0.39 is 5.92 Å². The van der Waals surface area contributed by atoms with Gasteiger partial charge in [-0.3, -0.25) is 4.98 Å². The molecule has 162 valence electrons. The molecule has 1 aromatic heterocycles. The first-order valence-electron chi connectivity index (χ1n) is 10.4. The van der Waals surface area contributed by atoms with Crippen LogP contribution in [0.25, 0.3) is 5.57 Å². The minimum atomic E-state index is -2.97. The van der Waals surface area contributed by atoms with Crippen LogP contribution in [0.3, 0.4) is 0 Å². The normalized spacial score (nSPS) is 12.4. The highest BCUT2D eigenvalue weighted by atomic mass is 19.3. The van der Waals surface area contributed by atoms with Crippen LogP contribution in [-0.4, -0.2) is 4.98 Å². The van der Waals surface area contributed by atoms with E-state index >= 15 is 4.39 Å². The number of benzene rings is 1. The molecule has 30 heavy (non-hydrogen) atoms. The van der Waals surface area contributed by atoms with E-state index in [0.717, 1.165) is 47.6 Å². The Bertz CT molecular complexity index is 965. The first kappa shape index (κ1) is 23.9. The first-order valence-corrected chi connectivity index (χ1v) is 10.4. The fourth-order valence-corrected chi connectivity index (χ4v) is 3.82. The summed E-state index contributed by atoms with van der Waals surface area (Å²) in [5, 5.41) is 0. The molecule has 2 aromatic rings. The average molecular weight is 416 g/mol. The van der Waals surface area contributed by atoms with Crippen LogP contribution in [0, 0.1) is 26.6 Å². The predicted octanol–water partition coefficient (Wildman–Crippen LogP) is 7.80. The second kappa shape index (κ2) is 9.63. The minimum absolute atomic E-state index is 0.195. The molecular formula is C26H32F3N. The Balaban J connectivity index is 2.29. The Kier molecular flexibility index (Phi) is 7.68. The van der Waals surface area contributed by atoms with E-state index in [0.29, 0.717) is 29.7 Å². The van der Waals surface area contributed by atoms with Gasteiger partial charge in [0.25, 0.3) is 5.92 Å². The summed E-state index contributed by atoms with van der Waals surface area (Å²) < 4.78 is 42.2. The Hall–Kier alpha value is -2.36. The summed E-state index contributed by atoms with van der Waals surface area (Å²) in [5.41, 5.74) is 6.69. The lowest BCUT2D eigenvalue weighted by Crippen LogP contribution is -2.11. The van der Waals surface area contributed by atoms with Gasteiger partial charge in [-0.05, 0) is 92.8 Å². The number of allylic oxidation sites excluding steroid dienone is 3. The molecule has 0 aliphatic rings. The highest BCUT2D eigenvalue weighted by Gasteiger charge is 2.26. The molecule has 0 aliphatic heterocycles. The van der Waals surface area contributed by atoms with Crippen molar-refractivity contribution >= 4 is 5.57 Å². The van der Waals surface area contributed by atoms with Gasteiger partial charge in [0, 0.05) is 12.6 Å². The topological polar surface area (TPSA) is 12.9 Å². The van der Waals surface area contributed by atoms with E-state index in [1.165, 1.54) is 6.07 Å². The van der Waals surface area contributed by atoms with Gasteiger partial charge in [-0.15, -0.1) is 0 Å². The lowest BCUT2D eigenvalue weighted by atomic mass is 9.88. The van der Waals surface area contributed by atoms with E-state index in [9.17, 15) is 8.78 Å². The monoisotopic (exact) mass is 415 g/mol. The number of alkyl halides is 2. The lowest BCUT2D eigenvalue weighted by Gasteiger charge is -2.18. The van der Waals surface area contributed by atoms with Crippen molar-refractivity contribution in [1.82, 2.24) is 4.98 Å². The number of nitrogens with zero attached hydrogens (tertiary/aromatic N) is 1. The van der Waals surface area contributed by atoms with E-state index in [-0.39, 0.29) is 11.5 Å². The largest absolute Gasteiger partial charge is 0.286 e. The zero-order valence-electron chi connectivity index (χ0n) is 18.9.